The van der Waals surface area contributed by atoms with E-state index in [0.717, 1.165) is 24.8 Å². The Morgan fingerprint density at radius 2 is 1.63 bits per heavy atom. The van der Waals surface area contributed by atoms with Gasteiger partial charge in [-0.2, -0.15) is 0 Å². The molecule has 6 heteroatoms. The average molecular weight is 407 g/mol. The molecule has 156 valence electrons. The molecule has 1 atom stereocenters. The van der Waals surface area contributed by atoms with E-state index in [1.807, 2.05) is 37.3 Å². The minimum absolute atomic E-state index is 0.0773. The molecule has 2 N–H and O–H groups in total. The van der Waals surface area contributed by atoms with Gasteiger partial charge in [0.25, 0.3) is 0 Å². The molecule has 0 spiro atoms. The van der Waals surface area contributed by atoms with Crippen molar-refractivity contribution in [3.63, 3.8) is 0 Å². The van der Waals surface area contributed by atoms with Crippen molar-refractivity contribution in [2.75, 3.05) is 0 Å². The number of unbranched alkanes of at least 4 members (excludes halogenated alkanes) is 2. The summed E-state index contributed by atoms with van der Waals surface area (Å²) in [7, 11) is 0. The standard InChI is InChI=1S/C24H25NO5/c1-2-3-5-14-19(25-24(29)30-15-16-10-6-4-7-11-16)20-21(26)17-12-8-9-13-18(17)22(27)23(20)28/h4,6-13,19,26H,2-3,5,14-15H2,1H3,(H,25,29). The topological polar surface area (TPSA) is 92.7 Å². The van der Waals surface area contributed by atoms with Crippen LogP contribution in [0.15, 0.2) is 60.2 Å². The van der Waals surface area contributed by atoms with Crippen LogP contribution in [0.4, 0.5) is 4.79 Å². The minimum atomic E-state index is -0.815. The zero-order chi connectivity index (χ0) is 21.5. The Hall–Kier alpha value is -3.41. The summed E-state index contributed by atoms with van der Waals surface area (Å²) in [5, 5.41) is 13.4. The number of hydrogen-bond acceptors (Lipinski definition) is 5. The van der Waals surface area contributed by atoms with E-state index >= 15 is 0 Å². The van der Waals surface area contributed by atoms with Crippen LogP contribution in [0.1, 0.15) is 54.1 Å². The molecule has 0 fully saturated rings. The Labute approximate surface area is 175 Å². The fourth-order valence-corrected chi connectivity index (χ4v) is 3.50. The molecule has 1 aliphatic rings. The number of benzene rings is 2. The minimum Gasteiger partial charge on any atom is -0.507 e. The normalized spacial score (nSPS) is 14.3. The van der Waals surface area contributed by atoms with Crippen LogP contribution in [-0.4, -0.2) is 28.8 Å². The summed E-state index contributed by atoms with van der Waals surface area (Å²) >= 11 is 0. The first-order valence-electron chi connectivity index (χ1n) is 10.1. The van der Waals surface area contributed by atoms with E-state index in [2.05, 4.69) is 5.32 Å². The first kappa shape index (κ1) is 21.3. The number of aliphatic hydroxyl groups excluding tert-OH is 1. The third-order valence-electron chi connectivity index (χ3n) is 5.08. The van der Waals surface area contributed by atoms with Crippen LogP contribution >= 0.6 is 0 Å². The Kier molecular flexibility index (Phi) is 7.01. The number of ether oxygens (including phenoxy) is 1. The maximum atomic E-state index is 12.8. The summed E-state index contributed by atoms with van der Waals surface area (Å²) in [4.78, 5) is 37.7. The molecule has 2 aromatic rings. The number of rotatable bonds is 8. The van der Waals surface area contributed by atoms with Crippen LogP contribution in [0.2, 0.25) is 0 Å². The summed E-state index contributed by atoms with van der Waals surface area (Å²) in [5.74, 6) is -1.74. The molecule has 0 radical (unpaired) electrons. The van der Waals surface area contributed by atoms with Gasteiger partial charge < -0.3 is 15.2 Å². The molecule has 1 unspecified atom stereocenters. The maximum absolute atomic E-state index is 12.8. The molecule has 0 saturated carbocycles. The van der Waals surface area contributed by atoms with Gasteiger partial charge in [0.05, 0.1) is 11.6 Å². The van der Waals surface area contributed by atoms with Gasteiger partial charge >= 0.3 is 6.09 Å². The van der Waals surface area contributed by atoms with E-state index in [0.29, 0.717) is 12.0 Å². The Balaban J connectivity index is 1.83. The lowest BCUT2D eigenvalue weighted by Crippen LogP contribution is -2.42. The molecule has 0 heterocycles. The van der Waals surface area contributed by atoms with Crippen LogP contribution in [0, 0.1) is 0 Å². The van der Waals surface area contributed by atoms with Gasteiger partial charge in [0, 0.05) is 11.1 Å². The van der Waals surface area contributed by atoms with Gasteiger partial charge in [0.1, 0.15) is 12.4 Å². The molecule has 1 aliphatic carbocycles. The Morgan fingerprint density at radius 1 is 0.967 bits per heavy atom. The Bertz CT molecular complexity index is 965. The zero-order valence-electron chi connectivity index (χ0n) is 16.9. The number of carbonyl (C=O) groups excluding carboxylic acids is 3. The second-order valence-electron chi connectivity index (χ2n) is 7.22. The van der Waals surface area contributed by atoms with Crippen LogP contribution in [0.25, 0.3) is 5.76 Å². The molecule has 0 aromatic heterocycles. The maximum Gasteiger partial charge on any atom is 0.407 e. The zero-order valence-corrected chi connectivity index (χ0v) is 16.9. The lowest BCUT2D eigenvalue weighted by Gasteiger charge is -2.25. The van der Waals surface area contributed by atoms with E-state index in [1.54, 1.807) is 18.2 Å². The number of alkyl carbamates (subject to hydrolysis) is 1. The van der Waals surface area contributed by atoms with Crippen molar-refractivity contribution >= 4 is 23.4 Å². The quantitative estimate of drug-likeness (QED) is 0.493. The summed E-state index contributed by atoms with van der Waals surface area (Å²) in [5.41, 5.74) is 1.22. The molecule has 0 aliphatic heterocycles. The van der Waals surface area contributed by atoms with Crippen molar-refractivity contribution in [3.05, 3.63) is 76.9 Å². The highest BCUT2D eigenvalue weighted by molar-refractivity contribution is 6.52. The van der Waals surface area contributed by atoms with Crippen LogP contribution in [-0.2, 0) is 16.1 Å². The van der Waals surface area contributed by atoms with Crippen molar-refractivity contribution in [2.45, 2.75) is 45.3 Å². The molecular formula is C24H25NO5. The van der Waals surface area contributed by atoms with Gasteiger partial charge in [-0.15, -0.1) is 0 Å². The van der Waals surface area contributed by atoms with Crippen molar-refractivity contribution in [1.29, 1.82) is 0 Å². The molecule has 0 saturated heterocycles. The van der Waals surface area contributed by atoms with Gasteiger partial charge in [-0.05, 0) is 12.0 Å². The predicted molar refractivity (Wildman–Crippen MR) is 113 cm³/mol. The second-order valence-corrected chi connectivity index (χ2v) is 7.22. The number of hydrogen-bond donors (Lipinski definition) is 2. The number of nitrogens with one attached hydrogen (secondary N) is 1. The second kappa shape index (κ2) is 9.87. The highest BCUT2D eigenvalue weighted by Gasteiger charge is 2.37. The fraction of sp³-hybridized carbons (Fsp3) is 0.292. The number of amides is 1. The van der Waals surface area contributed by atoms with Gasteiger partial charge in [-0.1, -0.05) is 80.8 Å². The highest BCUT2D eigenvalue weighted by atomic mass is 16.5. The number of Topliss-reactive ketones (excluding diaryl/α,β-unsaturated/α-hetero) is 2. The highest BCUT2D eigenvalue weighted by Crippen LogP contribution is 2.30. The number of aliphatic hydroxyl groups is 1. The van der Waals surface area contributed by atoms with Crippen LogP contribution in [0.3, 0.4) is 0 Å². The average Bonchev–Trinajstić information content (AvgIpc) is 2.77. The third kappa shape index (κ3) is 4.76. The van der Waals surface area contributed by atoms with Crippen molar-refractivity contribution in [2.24, 2.45) is 0 Å². The van der Waals surface area contributed by atoms with Crippen molar-refractivity contribution in [3.8, 4) is 0 Å². The van der Waals surface area contributed by atoms with Crippen LogP contribution in [0.5, 0.6) is 0 Å². The van der Waals surface area contributed by atoms with E-state index in [-0.39, 0.29) is 23.5 Å². The first-order valence-corrected chi connectivity index (χ1v) is 10.1. The summed E-state index contributed by atoms with van der Waals surface area (Å²) in [6, 6.07) is 14.8. The Morgan fingerprint density at radius 3 is 2.33 bits per heavy atom. The van der Waals surface area contributed by atoms with E-state index in [9.17, 15) is 19.5 Å². The molecule has 0 bridgehead atoms. The number of carbonyl (C=O) groups is 3. The van der Waals surface area contributed by atoms with Gasteiger partial charge in [0.2, 0.25) is 11.6 Å². The van der Waals surface area contributed by atoms with Gasteiger partial charge in [-0.3, -0.25) is 9.59 Å². The number of fused-ring (bicyclic) bond motifs is 1. The molecule has 1 amide bonds. The van der Waals surface area contributed by atoms with E-state index in [4.69, 9.17) is 4.74 Å². The summed E-state index contributed by atoms with van der Waals surface area (Å²) in [6.07, 6.45) is 2.27. The fourth-order valence-electron chi connectivity index (χ4n) is 3.50. The van der Waals surface area contributed by atoms with E-state index < -0.39 is 23.7 Å². The monoisotopic (exact) mass is 407 g/mol. The third-order valence-corrected chi connectivity index (χ3v) is 5.08. The molecular weight excluding hydrogens is 382 g/mol. The summed E-state index contributed by atoms with van der Waals surface area (Å²) in [6.45, 7) is 2.12. The van der Waals surface area contributed by atoms with E-state index in [1.165, 1.54) is 6.07 Å². The molecule has 3 rings (SSSR count). The SMILES string of the molecule is CCCCCC(NC(=O)OCc1ccccc1)C1=C(O)c2ccccc2C(=O)C1=O. The lowest BCUT2D eigenvalue weighted by atomic mass is 9.84. The molecule has 30 heavy (non-hydrogen) atoms. The molecule has 6 nitrogen and oxygen atoms in total. The van der Waals surface area contributed by atoms with Gasteiger partial charge in [-0.25, -0.2) is 4.79 Å². The predicted octanol–water partition coefficient (Wildman–Crippen LogP) is 4.60. The number of ketones is 2. The summed E-state index contributed by atoms with van der Waals surface area (Å²) < 4.78 is 5.27. The smallest absolute Gasteiger partial charge is 0.407 e. The van der Waals surface area contributed by atoms with Gasteiger partial charge in [0.15, 0.2) is 0 Å². The van der Waals surface area contributed by atoms with Crippen LogP contribution < -0.4 is 5.32 Å². The van der Waals surface area contributed by atoms with Crippen molar-refractivity contribution < 1.29 is 24.2 Å². The first-order chi connectivity index (χ1) is 14.5. The molecule has 2 aromatic carbocycles. The van der Waals surface area contributed by atoms with Crippen molar-refractivity contribution in [1.82, 2.24) is 5.32 Å². The lowest BCUT2D eigenvalue weighted by molar-refractivity contribution is -0.112. The largest absolute Gasteiger partial charge is 0.507 e.